The van der Waals surface area contributed by atoms with Crippen LogP contribution >= 0.6 is 11.8 Å². The maximum Gasteiger partial charge on any atom is 0.154 e. The molecule has 2 rings (SSSR count). The van der Waals surface area contributed by atoms with Gasteiger partial charge in [-0.05, 0) is 12.0 Å². The highest BCUT2D eigenvalue weighted by molar-refractivity contribution is 8.14. The van der Waals surface area contributed by atoms with Gasteiger partial charge in [-0.15, -0.1) is 0 Å². The van der Waals surface area contributed by atoms with E-state index < -0.39 is 0 Å². The number of rotatable bonds is 1. The molecule has 0 saturated heterocycles. The summed E-state index contributed by atoms with van der Waals surface area (Å²) in [6.45, 7) is 0.860. The number of amidine groups is 1. The molecule has 2 N–H and O–H groups in total. The molecule has 1 aliphatic heterocycles. The summed E-state index contributed by atoms with van der Waals surface area (Å²) in [7, 11) is 0. The van der Waals surface area contributed by atoms with Gasteiger partial charge in [0.25, 0.3) is 0 Å². The van der Waals surface area contributed by atoms with E-state index in [1.165, 1.54) is 5.56 Å². The Kier molecular flexibility index (Phi) is 2.54. The normalized spacial score (nSPS) is 22.5. The predicted octanol–water partition coefficient (Wildman–Crippen LogP) is 2.18. The minimum Gasteiger partial charge on any atom is -0.379 e. The van der Waals surface area contributed by atoms with Crippen molar-refractivity contribution in [3.8, 4) is 0 Å². The van der Waals surface area contributed by atoms with Gasteiger partial charge in [0.2, 0.25) is 0 Å². The number of nitrogens with zero attached hydrogens (tertiary/aromatic N) is 1. The first-order valence-corrected chi connectivity index (χ1v) is 5.26. The van der Waals surface area contributed by atoms with E-state index in [9.17, 15) is 0 Å². The highest BCUT2D eigenvalue weighted by atomic mass is 32.2. The minimum absolute atomic E-state index is 0.499. The Morgan fingerprint density at radius 3 is 2.77 bits per heavy atom. The van der Waals surface area contributed by atoms with Crippen molar-refractivity contribution >= 4 is 16.9 Å². The molecule has 1 aromatic carbocycles. The van der Waals surface area contributed by atoms with Crippen LogP contribution in [0.4, 0.5) is 0 Å². The zero-order valence-electron chi connectivity index (χ0n) is 7.31. The van der Waals surface area contributed by atoms with Crippen LogP contribution in [-0.2, 0) is 0 Å². The molecule has 68 valence electrons. The first kappa shape index (κ1) is 8.63. The monoisotopic (exact) mass is 192 g/mol. The average Bonchev–Trinajstić information content (AvgIpc) is 2.19. The molecule has 0 bridgehead atoms. The molecule has 2 nitrogen and oxygen atoms in total. The Labute approximate surface area is 82.2 Å². The Hall–Kier alpha value is -0.960. The average molecular weight is 192 g/mol. The third kappa shape index (κ3) is 2.04. The third-order valence-electron chi connectivity index (χ3n) is 2.09. The predicted molar refractivity (Wildman–Crippen MR) is 57.9 cm³/mol. The molecule has 1 unspecified atom stereocenters. The molecule has 1 heterocycles. The molecule has 3 heteroatoms. The minimum atomic E-state index is 0.499. The molecule has 0 spiro atoms. The maximum absolute atomic E-state index is 5.68. The molecule has 13 heavy (non-hydrogen) atoms. The van der Waals surface area contributed by atoms with Crippen LogP contribution in [0.15, 0.2) is 35.3 Å². The lowest BCUT2D eigenvalue weighted by Gasteiger charge is -2.19. The number of benzene rings is 1. The van der Waals surface area contributed by atoms with Crippen LogP contribution in [0, 0.1) is 0 Å². The zero-order valence-corrected chi connectivity index (χ0v) is 8.13. The zero-order chi connectivity index (χ0) is 9.10. The Bertz CT molecular complexity index is 308. The van der Waals surface area contributed by atoms with Gasteiger partial charge in [0, 0.05) is 11.8 Å². The van der Waals surface area contributed by atoms with Crippen LogP contribution in [0.25, 0.3) is 0 Å². The summed E-state index contributed by atoms with van der Waals surface area (Å²) in [6, 6.07) is 10.5. The molecule has 0 saturated carbocycles. The van der Waals surface area contributed by atoms with Crippen molar-refractivity contribution in [2.45, 2.75) is 11.7 Å². The summed E-state index contributed by atoms with van der Waals surface area (Å²) in [5, 5.41) is 1.22. The summed E-state index contributed by atoms with van der Waals surface area (Å²) < 4.78 is 0. The summed E-state index contributed by atoms with van der Waals surface area (Å²) >= 11 is 1.67. The van der Waals surface area contributed by atoms with Gasteiger partial charge < -0.3 is 5.73 Å². The van der Waals surface area contributed by atoms with Crippen molar-refractivity contribution < 1.29 is 0 Å². The first-order chi connectivity index (χ1) is 6.36. The number of hydrogen-bond donors (Lipinski definition) is 1. The molecule has 0 fully saturated rings. The van der Waals surface area contributed by atoms with E-state index in [2.05, 4.69) is 29.3 Å². The molecule has 0 aromatic heterocycles. The second-order valence-electron chi connectivity index (χ2n) is 3.03. The first-order valence-electron chi connectivity index (χ1n) is 4.38. The lowest BCUT2D eigenvalue weighted by molar-refractivity contribution is 0.809. The van der Waals surface area contributed by atoms with E-state index in [0.717, 1.165) is 18.1 Å². The van der Waals surface area contributed by atoms with Crippen molar-refractivity contribution in [1.82, 2.24) is 0 Å². The lowest BCUT2D eigenvalue weighted by atomic mass is 10.1. The number of thioether (sulfide) groups is 1. The Morgan fingerprint density at radius 2 is 2.08 bits per heavy atom. The maximum atomic E-state index is 5.68. The molecular weight excluding hydrogens is 180 g/mol. The quantitative estimate of drug-likeness (QED) is 0.740. The summed E-state index contributed by atoms with van der Waals surface area (Å²) in [6.07, 6.45) is 1.09. The van der Waals surface area contributed by atoms with Crippen molar-refractivity contribution in [3.63, 3.8) is 0 Å². The smallest absolute Gasteiger partial charge is 0.154 e. The van der Waals surface area contributed by atoms with Crippen LogP contribution in [0.2, 0.25) is 0 Å². The van der Waals surface area contributed by atoms with E-state index in [-0.39, 0.29) is 0 Å². The van der Waals surface area contributed by atoms with Crippen LogP contribution in [0.3, 0.4) is 0 Å². The molecule has 1 aromatic rings. The van der Waals surface area contributed by atoms with Gasteiger partial charge in [0.15, 0.2) is 5.17 Å². The molecule has 0 aliphatic carbocycles. The van der Waals surface area contributed by atoms with Crippen molar-refractivity contribution in [1.29, 1.82) is 0 Å². The largest absolute Gasteiger partial charge is 0.379 e. The van der Waals surface area contributed by atoms with Gasteiger partial charge in [0.1, 0.15) is 0 Å². The summed E-state index contributed by atoms with van der Waals surface area (Å²) in [5.41, 5.74) is 7.03. The highest BCUT2D eigenvalue weighted by Crippen LogP contribution is 2.34. The molecule has 1 atom stereocenters. The molecule has 1 aliphatic rings. The highest BCUT2D eigenvalue weighted by Gasteiger charge is 2.16. The van der Waals surface area contributed by atoms with E-state index in [1.54, 1.807) is 11.8 Å². The third-order valence-corrected chi connectivity index (χ3v) is 3.26. The number of aliphatic imine (C=N–C) groups is 1. The Balaban J connectivity index is 2.15. The van der Waals surface area contributed by atoms with Gasteiger partial charge in [-0.25, -0.2) is 0 Å². The topological polar surface area (TPSA) is 38.4 Å². The standard InChI is InChI=1S/C10H12N2S/c11-10-12-7-6-9(13-10)8-4-2-1-3-5-8/h1-5,9H,6-7H2,(H2,11,12). The van der Waals surface area contributed by atoms with Crippen LogP contribution in [0.1, 0.15) is 17.2 Å². The van der Waals surface area contributed by atoms with Gasteiger partial charge in [-0.3, -0.25) is 4.99 Å². The van der Waals surface area contributed by atoms with Gasteiger partial charge in [-0.2, -0.15) is 0 Å². The van der Waals surface area contributed by atoms with E-state index in [4.69, 9.17) is 5.73 Å². The van der Waals surface area contributed by atoms with Crippen molar-refractivity contribution in [3.05, 3.63) is 35.9 Å². The second-order valence-corrected chi connectivity index (χ2v) is 4.25. The number of nitrogens with two attached hydrogens (primary N) is 1. The fourth-order valence-corrected chi connectivity index (χ4v) is 2.41. The van der Waals surface area contributed by atoms with E-state index in [1.807, 2.05) is 6.07 Å². The lowest BCUT2D eigenvalue weighted by Crippen LogP contribution is -2.15. The molecular formula is C10H12N2S. The van der Waals surface area contributed by atoms with Crippen LogP contribution < -0.4 is 5.73 Å². The summed E-state index contributed by atoms with van der Waals surface area (Å²) in [4.78, 5) is 4.16. The van der Waals surface area contributed by atoms with Gasteiger partial charge in [0.05, 0.1) is 0 Å². The fourth-order valence-electron chi connectivity index (χ4n) is 1.44. The van der Waals surface area contributed by atoms with Gasteiger partial charge in [-0.1, -0.05) is 42.1 Å². The van der Waals surface area contributed by atoms with E-state index >= 15 is 0 Å². The van der Waals surface area contributed by atoms with Crippen LogP contribution in [-0.4, -0.2) is 11.7 Å². The van der Waals surface area contributed by atoms with E-state index in [0.29, 0.717) is 5.25 Å². The van der Waals surface area contributed by atoms with Crippen molar-refractivity contribution in [2.75, 3.05) is 6.54 Å². The molecule has 0 radical (unpaired) electrons. The molecule has 0 amide bonds. The number of hydrogen-bond acceptors (Lipinski definition) is 3. The SMILES string of the molecule is NC1=NCCC(c2ccccc2)S1. The fraction of sp³-hybridized carbons (Fsp3) is 0.300. The summed E-state index contributed by atoms with van der Waals surface area (Å²) in [5.74, 6) is 0. The van der Waals surface area contributed by atoms with Crippen molar-refractivity contribution in [2.24, 2.45) is 10.7 Å². The Morgan fingerprint density at radius 1 is 1.31 bits per heavy atom. The second kappa shape index (κ2) is 3.83. The van der Waals surface area contributed by atoms with Crippen LogP contribution in [0.5, 0.6) is 0 Å². The van der Waals surface area contributed by atoms with Gasteiger partial charge >= 0.3 is 0 Å².